The Hall–Kier alpha value is -0.170. The fraction of sp³-hybridized carbons (Fsp3) is 1.00. The molecule has 0 radical (unpaired) electrons. The summed E-state index contributed by atoms with van der Waals surface area (Å²) in [6, 6.07) is -0.0551. The highest BCUT2D eigenvalue weighted by Gasteiger charge is 2.23. The first-order valence-corrected chi connectivity index (χ1v) is 7.30. The number of hydrogen-bond donors (Lipinski definition) is 2. The van der Waals surface area contributed by atoms with E-state index in [4.69, 9.17) is 0 Å². The second-order valence-corrected chi connectivity index (χ2v) is 6.56. The lowest BCUT2D eigenvalue weighted by molar-refractivity contribution is 0.308. The zero-order chi connectivity index (χ0) is 12.2. The van der Waals surface area contributed by atoms with Crippen LogP contribution in [0.2, 0.25) is 0 Å². The molecule has 2 N–H and O–H groups in total. The Kier molecular flexibility index (Phi) is 5.17. The molecule has 0 aliphatic carbocycles. The monoisotopic (exact) mass is 249 g/mol. The Balaban J connectivity index is 2.46. The van der Waals surface area contributed by atoms with Gasteiger partial charge in [-0.2, -0.15) is 17.4 Å². The normalized spacial score (nSPS) is 19.6. The molecule has 0 saturated carbocycles. The molecule has 5 nitrogen and oxygen atoms in total. The van der Waals surface area contributed by atoms with Gasteiger partial charge in [0.2, 0.25) is 0 Å². The zero-order valence-electron chi connectivity index (χ0n) is 10.4. The van der Waals surface area contributed by atoms with Gasteiger partial charge in [0.25, 0.3) is 10.2 Å². The third kappa shape index (κ3) is 4.37. The van der Waals surface area contributed by atoms with E-state index in [1.807, 2.05) is 13.8 Å². The van der Waals surface area contributed by atoms with Crippen LogP contribution in [-0.2, 0) is 10.2 Å². The number of piperidine rings is 1. The molecule has 1 heterocycles. The summed E-state index contributed by atoms with van der Waals surface area (Å²) >= 11 is 0. The second-order valence-electron chi connectivity index (χ2n) is 4.75. The fourth-order valence-corrected chi connectivity index (χ4v) is 3.10. The second kappa shape index (κ2) is 5.95. The van der Waals surface area contributed by atoms with Crippen LogP contribution in [-0.4, -0.2) is 45.4 Å². The van der Waals surface area contributed by atoms with E-state index < -0.39 is 10.2 Å². The summed E-state index contributed by atoms with van der Waals surface area (Å²) in [6.45, 7) is 6.27. The van der Waals surface area contributed by atoms with Crippen LogP contribution in [0, 0.1) is 5.92 Å². The maximum Gasteiger partial charge on any atom is 0.279 e. The first-order chi connectivity index (χ1) is 7.42. The van der Waals surface area contributed by atoms with E-state index in [1.165, 1.54) is 4.31 Å². The van der Waals surface area contributed by atoms with E-state index in [-0.39, 0.29) is 6.04 Å². The van der Waals surface area contributed by atoms with Crippen molar-refractivity contribution in [1.29, 1.82) is 0 Å². The number of rotatable bonds is 5. The molecule has 0 aromatic carbocycles. The largest absolute Gasteiger partial charge is 0.317 e. The topological polar surface area (TPSA) is 61.4 Å². The molecule has 0 unspecified atom stereocenters. The van der Waals surface area contributed by atoms with Gasteiger partial charge in [-0.25, -0.2) is 0 Å². The molecule has 0 spiro atoms. The van der Waals surface area contributed by atoms with Crippen molar-refractivity contribution < 1.29 is 8.42 Å². The summed E-state index contributed by atoms with van der Waals surface area (Å²) in [5.74, 6) is 0.481. The van der Waals surface area contributed by atoms with Crippen molar-refractivity contribution in [2.75, 3.05) is 26.7 Å². The van der Waals surface area contributed by atoms with Crippen molar-refractivity contribution in [2.24, 2.45) is 5.92 Å². The highest BCUT2D eigenvalue weighted by atomic mass is 32.2. The van der Waals surface area contributed by atoms with Crippen LogP contribution in [0.25, 0.3) is 0 Å². The smallest absolute Gasteiger partial charge is 0.279 e. The van der Waals surface area contributed by atoms with Crippen LogP contribution in [0.1, 0.15) is 26.7 Å². The zero-order valence-corrected chi connectivity index (χ0v) is 11.2. The minimum atomic E-state index is -3.30. The van der Waals surface area contributed by atoms with E-state index in [9.17, 15) is 8.42 Å². The van der Waals surface area contributed by atoms with Gasteiger partial charge in [0, 0.05) is 19.6 Å². The molecule has 0 aromatic rings. The molecule has 1 rings (SSSR count). The lowest BCUT2D eigenvalue weighted by Gasteiger charge is -2.27. The van der Waals surface area contributed by atoms with E-state index in [1.54, 1.807) is 7.05 Å². The molecular weight excluding hydrogens is 226 g/mol. The molecular formula is C10H23N3O2S. The Morgan fingerprint density at radius 2 is 1.94 bits per heavy atom. The summed E-state index contributed by atoms with van der Waals surface area (Å²) in [4.78, 5) is 0. The fourth-order valence-electron chi connectivity index (χ4n) is 1.91. The highest BCUT2D eigenvalue weighted by molar-refractivity contribution is 7.87. The van der Waals surface area contributed by atoms with Gasteiger partial charge in [0.05, 0.1) is 0 Å². The van der Waals surface area contributed by atoms with Gasteiger partial charge in [-0.05, 0) is 45.7 Å². The van der Waals surface area contributed by atoms with Gasteiger partial charge in [-0.1, -0.05) is 0 Å². The molecule has 1 saturated heterocycles. The maximum atomic E-state index is 11.8. The summed E-state index contributed by atoms with van der Waals surface area (Å²) in [6.07, 6.45) is 2.11. The SMILES string of the molecule is CC(C)NS(=O)(=O)N(C)CC1CCNCC1. The van der Waals surface area contributed by atoms with E-state index in [2.05, 4.69) is 10.0 Å². The number of nitrogens with one attached hydrogen (secondary N) is 2. The average molecular weight is 249 g/mol. The maximum absolute atomic E-state index is 11.8. The number of nitrogens with zero attached hydrogens (tertiary/aromatic N) is 1. The molecule has 0 aromatic heterocycles. The van der Waals surface area contributed by atoms with Crippen molar-refractivity contribution in [1.82, 2.24) is 14.3 Å². The molecule has 96 valence electrons. The summed E-state index contributed by atoms with van der Waals surface area (Å²) in [5, 5.41) is 3.28. The van der Waals surface area contributed by atoms with Crippen LogP contribution in [0.4, 0.5) is 0 Å². The summed E-state index contributed by atoms with van der Waals surface area (Å²) in [7, 11) is -1.65. The Bertz CT molecular complexity index is 297. The highest BCUT2D eigenvalue weighted by Crippen LogP contribution is 2.13. The van der Waals surface area contributed by atoms with Crippen LogP contribution in [0.3, 0.4) is 0 Å². The van der Waals surface area contributed by atoms with Crippen molar-refractivity contribution in [2.45, 2.75) is 32.7 Å². The van der Waals surface area contributed by atoms with Crippen LogP contribution >= 0.6 is 0 Å². The lowest BCUT2D eigenvalue weighted by atomic mass is 9.98. The van der Waals surface area contributed by atoms with Crippen molar-refractivity contribution in [3.05, 3.63) is 0 Å². The minimum Gasteiger partial charge on any atom is -0.317 e. The summed E-state index contributed by atoms with van der Waals surface area (Å²) in [5.41, 5.74) is 0. The van der Waals surface area contributed by atoms with Gasteiger partial charge in [0.1, 0.15) is 0 Å². The van der Waals surface area contributed by atoms with E-state index in [0.29, 0.717) is 12.5 Å². The van der Waals surface area contributed by atoms with Gasteiger partial charge in [-0.15, -0.1) is 0 Å². The molecule has 6 heteroatoms. The van der Waals surface area contributed by atoms with Crippen LogP contribution < -0.4 is 10.0 Å². The minimum absolute atomic E-state index is 0.0551. The van der Waals surface area contributed by atoms with E-state index >= 15 is 0 Å². The molecule has 1 aliphatic heterocycles. The Morgan fingerprint density at radius 1 is 1.38 bits per heavy atom. The van der Waals surface area contributed by atoms with Gasteiger partial charge >= 0.3 is 0 Å². The van der Waals surface area contributed by atoms with Gasteiger partial charge < -0.3 is 5.32 Å². The third-order valence-electron chi connectivity index (χ3n) is 2.77. The molecule has 0 atom stereocenters. The van der Waals surface area contributed by atoms with Crippen LogP contribution in [0.5, 0.6) is 0 Å². The standard InChI is InChI=1S/C10H23N3O2S/c1-9(2)12-16(14,15)13(3)8-10-4-6-11-7-5-10/h9-12H,4-8H2,1-3H3. The van der Waals surface area contributed by atoms with Crippen molar-refractivity contribution in [3.63, 3.8) is 0 Å². The molecule has 16 heavy (non-hydrogen) atoms. The molecule has 0 amide bonds. The van der Waals surface area contributed by atoms with Crippen LogP contribution in [0.15, 0.2) is 0 Å². The van der Waals surface area contributed by atoms with Crippen molar-refractivity contribution >= 4 is 10.2 Å². The first-order valence-electron chi connectivity index (χ1n) is 5.86. The summed E-state index contributed by atoms with van der Waals surface area (Å²) < 4.78 is 27.7. The van der Waals surface area contributed by atoms with Crippen molar-refractivity contribution in [3.8, 4) is 0 Å². The van der Waals surface area contributed by atoms with Gasteiger partial charge in [-0.3, -0.25) is 0 Å². The molecule has 1 aliphatic rings. The Labute approximate surface area is 98.8 Å². The lowest BCUT2D eigenvalue weighted by Crippen LogP contribution is -2.44. The predicted octanol–water partition coefficient (Wildman–Crippen LogP) is 0.161. The Morgan fingerprint density at radius 3 is 2.44 bits per heavy atom. The van der Waals surface area contributed by atoms with Gasteiger partial charge in [0.15, 0.2) is 0 Å². The average Bonchev–Trinajstić information content (AvgIpc) is 2.17. The first kappa shape index (κ1) is 13.9. The predicted molar refractivity (Wildman–Crippen MR) is 65.4 cm³/mol. The molecule has 0 bridgehead atoms. The number of hydrogen-bond acceptors (Lipinski definition) is 3. The molecule has 1 fully saturated rings. The third-order valence-corrected chi connectivity index (χ3v) is 4.51. The quantitative estimate of drug-likeness (QED) is 0.730. The van der Waals surface area contributed by atoms with E-state index in [0.717, 1.165) is 25.9 Å².